The Labute approximate surface area is 345 Å². The van der Waals surface area contributed by atoms with E-state index in [-0.39, 0.29) is 35.7 Å². The molecule has 2 aliphatic carbocycles. The van der Waals surface area contributed by atoms with E-state index in [1.165, 1.54) is 5.56 Å². The topological polar surface area (TPSA) is 197 Å². The van der Waals surface area contributed by atoms with Crippen LogP contribution in [0.1, 0.15) is 86.2 Å². The van der Waals surface area contributed by atoms with E-state index in [2.05, 4.69) is 83.0 Å². The number of aromatic nitrogens is 4. The maximum atomic E-state index is 13.6. The second-order valence-electron chi connectivity index (χ2n) is 17.2. The van der Waals surface area contributed by atoms with Crippen LogP contribution in [-0.2, 0) is 9.59 Å². The Morgan fingerprint density at radius 2 is 1.13 bits per heavy atom. The van der Waals surface area contributed by atoms with Crippen LogP contribution in [0.5, 0.6) is 0 Å². The molecule has 2 saturated heterocycles. The van der Waals surface area contributed by atoms with E-state index in [4.69, 9.17) is 9.97 Å². The van der Waals surface area contributed by atoms with Crippen LogP contribution in [0.15, 0.2) is 60.7 Å². The number of nitrogens with one attached hydrogen (secondary N) is 4. The maximum Gasteiger partial charge on any atom is 0.405 e. The van der Waals surface area contributed by atoms with Crippen molar-refractivity contribution in [3.8, 4) is 22.3 Å². The molecule has 60 heavy (non-hydrogen) atoms. The molecule has 2 aromatic heterocycles. The predicted octanol–water partition coefficient (Wildman–Crippen LogP) is 7.96. The van der Waals surface area contributed by atoms with E-state index >= 15 is 0 Å². The van der Waals surface area contributed by atoms with Crippen molar-refractivity contribution in [3.63, 3.8) is 0 Å². The first-order valence-electron chi connectivity index (χ1n) is 21.1. The van der Waals surface area contributed by atoms with E-state index in [0.717, 1.165) is 124 Å². The summed E-state index contributed by atoms with van der Waals surface area (Å²) in [7, 11) is 0. The molecule has 4 aromatic carbocycles. The van der Waals surface area contributed by atoms with E-state index < -0.39 is 24.3 Å². The van der Waals surface area contributed by atoms with Crippen molar-refractivity contribution in [2.75, 3.05) is 13.1 Å². The molecule has 4 amide bonds. The zero-order valence-corrected chi connectivity index (χ0v) is 33.6. The van der Waals surface area contributed by atoms with Gasteiger partial charge in [0.25, 0.3) is 0 Å². The van der Waals surface area contributed by atoms with Crippen molar-refractivity contribution in [1.82, 2.24) is 40.4 Å². The molecular formula is C46H48N8O6. The first kappa shape index (κ1) is 37.8. The van der Waals surface area contributed by atoms with Gasteiger partial charge in [0.15, 0.2) is 0 Å². The van der Waals surface area contributed by atoms with Crippen molar-refractivity contribution in [2.24, 2.45) is 11.8 Å². The molecule has 6 N–H and O–H groups in total. The molecule has 6 aromatic rings. The first-order valence-corrected chi connectivity index (χ1v) is 21.1. The largest absolute Gasteiger partial charge is 0.465 e. The number of hydrogen-bond donors (Lipinski definition) is 6. The molecule has 10 rings (SSSR count). The smallest absolute Gasteiger partial charge is 0.405 e. The number of carboxylic acid groups (broad SMARTS) is 2. The summed E-state index contributed by atoms with van der Waals surface area (Å²) in [6.07, 6.45) is 4.27. The summed E-state index contributed by atoms with van der Waals surface area (Å²) < 4.78 is 0. The minimum Gasteiger partial charge on any atom is -0.465 e. The summed E-state index contributed by atoms with van der Waals surface area (Å²) in [5.74, 6) is 1.23. The van der Waals surface area contributed by atoms with Crippen LogP contribution in [0.25, 0.3) is 55.1 Å². The third-order valence-corrected chi connectivity index (χ3v) is 13.2. The van der Waals surface area contributed by atoms with Crippen molar-refractivity contribution in [1.29, 1.82) is 0 Å². The second kappa shape index (κ2) is 14.7. The van der Waals surface area contributed by atoms with E-state index in [1.54, 1.807) is 9.80 Å². The lowest BCUT2D eigenvalue weighted by molar-refractivity contribution is -0.135. The molecule has 2 aliphatic heterocycles. The SMILES string of the molecule is Cc1cc2cc(-c3ccc4nc(C5CCCN5C(=O)C(NC(=O)O)C5CC5)[nH]c4c3)ccc2c(C)c1-c1ccc2nc([C@@H]3CCCN3C(=O)[C@@H](NC(=O)O)C3CC3)[nH]c2c1. The zero-order chi connectivity index (χ0) is 41.4. The van der Waals surface area contributed by atoms with Gasteiger partial charge in [-0.15, -0.1) is 0 Å². The van der Waals surface area contributed by atoms with Gasteiger partial charge in [-0.3, -0.25) is 9.59 Å². The van der Waals surface area contributed by atoms with Crippen molar-refractivity contribution < 1.29 is 29.4 Å². The molecule has 14 heteroatoms. The summed E-state index contributed by atoms with van der Waals surface area (Å²) in [6.45, 7) is 5.45. The van der Waals surface area contributed by atoms with Gasteiger partial charge in [-0.2, -0.15) is 0 Å². The van der Waals surface area contributed by atoms with Gasteiger partial charge in [-0.25, -0.2) is 19.6 Å². The molecule has 4 atom stereocenters. The van der Waals surface area contributed by atoms with E-state index in [9.17, 15) is 29.4 Å². The lowest BCUT2D eigenvalue weighted by Gasteiger charge is -2.27. The Morgan fingerprint density at radius 1 is 0.650 bits per heavy atom. The Bertz CT molecular complexity index is 2730. The van der Waals surface area contributed by atoms with E-state index in [1.807, 2.05) is 12.1 Å². The standard InChI is InChI=1S/C46H48N8O6/c1-23-19-30-20-27(28-12-15-32-34(21-28)49-41(47-32)36-5-3-17-53(36)43(55)39(25-7-8-25)51-45(57)58)11-14-31(30)24(2)38(23)29-13-16-33-35(22-29)50-42(48-33)37-6-4-18-54(37)44(56)40(26-9-10-26)52-46(59)60/h11-16,19-22,25-26,36-37,39-40,51-52H,3-10,17-18H2,1-2H3,(H,47,49)(H,48,50)(H,57,58)(H,59,60)/t36?,37-,39?,40-/m0/s1. The predicted molar refractivity (Wildman–Crippen MR) is 226 cm³/mol. The average molecular weight is 809 g/mol. The summed E-state index contributed by atoms with van der Waals surface area (Å²) >= 11 is 0. The molecule has 2 unspecified atom stereocenters. The van der Waals surface area contributed by atoms with Crippen LogP contribution < -0.4 is 10.6 Å². The number of aryl methyl sites for hydroxylation is 2. The molecule has 4 heterocycles. The first-order chi connectivity index (χ1) is 29.0. The third-order valence-electron chi connectivity index (χ3n) is 13.2. The molecule has 2 saturated carbocycles. The number of benzene rings is 4. The molecule has 14 nitrogen and oxygen atoms in total. The van der Waals surface area contributed by atoms with Crippen LogP contribution in [-0.4, -0.2) is 89.1 Å². The van der Waals surface area contributed by atoms with Crippen LogP contribution in [0.2, 0.25) is 0 Å². The quantitative estimate of drug-likeness (QED) is 0.0801. The lowest BCUT2D eigenvalue weighted by Crippen LogP contribution is -2.49. The second-order valence-corrected chi connectivity index (χ2v) is 17.2. The summed E-state index contributed by atoms with van der Waals surface area (Å²) in [6, 6.07) is 19.3. The molecule has 0 radical (unpaired) electrons. The van der Waals surface area contributed by atoms with Crippen molar-refractivity contribution >= 4 is 56.8 Å². The van der Waals surface area contributed by atoms with Crippen LogP contribution in [0.4, 0.5) is 9.59 Å². The molecule has 4 fully saturated rings. The van der Waals surface area contributed by atoms with Gasteiger partial charge in [0.2, 0.25) is 11.8 Å². The molecule has 0 spiro atoms. The molecule has 4 aliphatic rings. The minimum absolute atomic E-state index is 0.0560. The van der Waals surface area contributed by atoms with Gasteiger partial charge in [-0.1, -0.05) is 30.3 Å². The number of fused-ring (bicyclic) bond motifs is 3. The number of imidazole rings is 2. The number of carbonyl (C=O) groups excluding carboxylic acids is 2. The fraction of sp³-hybridized carbons (Fsp3) is 0.391. The minimum atomic E-state index is -1.17. The summed E-state index contributed by atoms with van der Waals surface area (Å²) in [4.78, 5) is 70.6. The van der Waals surface area contributed by atoms with Gasteiger partial charge >= 0.3 is 12.2 Å². The maximum absolute atomic E-state index is 13.6. The Hall–Kier alpha value is -6.44. The Morgan fingerprint density at radius 3 is 1.65 bits per heavy atom. The number of likely N-dealkylation sites (tertiary alicyclic amines) is 2. The van der Waals surface area contributed by atoms with Gasteiger partial charge in [0.05, 0.1) is 34.2 Å². The number of aromatic amines is 2. The van der Waals surface area contributed by atoms with Gasteiger partial charge in [0.1, 0.15) is 23.7 Å². The van der Waals surface area contributed by atoms with Gasteiger partial charge in [-0.05, 0) is 152 Å². The van der Waals surface area contributed by atoms with Crippen molar-refractivity contribution in [2.45, 2.75) is 89.4 Å². The molecule has 0 bridgehead atoms. The molecule has 308 valence electrons. The normalized spacial score (nSPS) is 20.2. The van der Waals surface area contributed by atoms with Crippen LogP contribution in [0, 0.1) is 25.7 Å². The van der Waals surface area contributed by atoms with Crippen LogP contribution in [0.3, 0.4) is 0 Å². The average Bonchev–Trinajstić information content (AvgIpc) is 4.01. The fourth-order valence-corrected chi connectivity index (χ4v) is 9.97. The fourth-order valence-electron chi connectivity index (χ4n) is 9.97. The highest BCUT2D eigenvalue weighted by atomic mass is 16.4. The number of carbonyl (C=O) groups is 4. The van der Waals surface area contributed by atoms with Gasteiger partial charge < -0.3 is 40.6 Å². The summed E-state index contributed by atoms with van der Waals surface area (Å²) in [5.41, 5.74) is 10.1. The van der Waals surface area contributed by atoms with Gasteiger partial charge in [0, 0.05) is 13.1 Å². The summed E-state index contributed by atoms with van der Waals surface area (Å²) in [5, 5.41) is 26.0. The van der Waals surface area contributed by atoms with Crippen molar-refractivity contribution in [3.05, 3.63) is 83.4 Å². The Balaban J connectivity index is 0.897. The van der Waals surface area contributed by atoms with Crippen LogP contribution >= 0.6 is 0 Å². The number of rotatable bonds is 10. The number of nitrogens with zero attached hydrogens (tertiary/aromatic N) is 4. The van der Waals surface area contributed by atoms with E-state index in [0.29, 0.717) is 13.1 Å². The number of amides is 4. The number of hydrogen-bond acceptors (Lipinski definition) is 6. The molecular weight excluding hydrogens is 761 g/mol. The highest BCUT2D eigenvalue weighted by Crippen LogP contribution is 2.41. The highest BCUT2D eigenvalue weighted by Gasteiger charge is 2.44. The third kappa shape index (κ3) is 6.87. The zero-order valence-electron chi connectivity index (χ0n) is 33.6. The monoisotopic (exact) mass is 808 g/mol. The Kier molecular flexibility index (Phi) is 9.25. The highest BCUT2D eigenvalue weighted by molar-refractivity contribution is 5.97. The lowest BCUT2D eigenvalue weighted by atomic mass is 9.89. The number of H-pyrrole nitrogens is 2.